The van der Waals surface area contributed by atoms with Gasteiger partial charge < -0.3 is 14.7 Å². The summed E-state index contributed by atoms with van der Waals surface area (Å²) in [6.45, 7) is 2.15. The zero-order chi connectivity index (χ0) is 28.0. The van der Waals surface area contributed by atoms with Crippen LogP contribution in [0.3, 0.4) is 0 Å². The number of halogens is 4. The first-order valence-corrected chi connectivity index (χ1v) is 13.3. The van der Waals surface area contributed by atoms with Gasteiger partial charge in [-0.2, -0.15) is 13.2 Å². The van der Waals surface area contributed by atoms with E-state index in [9.17, 15) is 23.1 Å². The molecule has 1 aromatic heterocycles. The summed E-state index contributed by atoms with van der Waals surface area (Å²) in [5, 5.41) is 10.2. The minimum absolute atomic E-state index is 0.0341. The van der Waals surface area contributed by atoms with E-state index in [2.05, 4.69) is 9.88 Å². The number of aromatic nitrogens is 1. The standard InChI is InChI=1S/C30H34F4N2O3/c1-39-24-9-11-28-26(18-24)25(12-14-35-28)27(31)10-6-21-13-16-36(19-22(21)17-29(37)38)15-2-3-20-4-7-23(8-5-20)30(32,33)34/h4-5,7-9,11-12,14,18,21-22,27H,2-3,6,10,13,15-17,19H2,1H3,(H,37,38)/t21-,22+,27+/m1/s1. The van der Waals surface area contributed by atoms with E-state index in [1.165, 1.54) is 12.1 Å². The van der Waals surface area contributed by atoms with Crippen molar-refractivity contribution in [3.05, 3.63) is 71.4 Å². The third-order valence-electron chi connectivity index (χ3n) is 7.74. The van der Waals surface area contributed by atoms with Crippen LogP contribution in [0.4, 0.5) is 17.6 Å². The molecule has 210 valence electrons. The molecule has 3 aromatic rings. The number of ether oxygens (including phenoxy) is 1. The van der Waals surface area contributed by atoms with Crippen molar-refractivity contribution in [2.45, 2.75) is 50.9 Å². The third-order valence-corrected chi connectivity index (χ3v) is 7.74. The average Bonchev–Trinajstić information content (AvgIpc) is 2.91. The van der Waals surface area contributed by atoms with Crippen molar-refractivity contribution in [3.8, 4) is 5.75 Å². The normalized spacial score (nSPS) is 19.2. The van der Waals surface area contributed by atoms with Gasteiger partial charge in [0.15, 0.2) is 0 Å². The summed E-state index contributed by atoms with van der Waals surface area (Å²) in [6, 6.07) is 12.3. The highest BCUT2D eigenvalue weighted by Crippen LogP contribution is 2.36. The summed E-state index contributed by atoms with van der Waals surface area (Å²) in [5.74, 6) is -0.200. The van der Waals surface area contributed by atoms with Gasteiger partial charge in [0.05, 0.1) is 18.2 Å². The minimum atomic E-state index is -4.34. The number of benzene rings is 2. The fourth-order valence-electron chi connectivity index (χ4n) is 5.62. The predicted molar refractivity (Wildman–Crippen MR) is 141 cm³/mol. The fraction of sp³-hybridized carbons (Fsp3) is 0.467. The number of methoxy groups -OCH3 is 1. The molecule has 1 saturated heterocycles. The number of hydrogen-bond acceptors (Lipinski definition) is 4. The lowest BCUT2D eigenvalue weighted by Crippen LogP contribution is -2.42. The van der Waals surface area contributed by atoms with E-state index in [4.69, 9.17) is 4.74 Å². The van der Waals surface area contributed by atoms with E-state index < -0.39 is 23.9 Å². The molecule has 5 nitrogen and oxygen atoms in total. The van der Waals surface area contributed by atoms with Crippen LogP contribution in [0.1, 0.15) is 55.0 Å². The Morgan fingerprint density at radius 2 is 1.92 bits per heavy atom. The van der Waals surface area contributed by atoms with Crippen LogP contribution in [0.5, 0.6) is 5.75 Å². The Labute approximate surface area is 225 Å². The number of nitrogens with zero attached hydrogens (tertiary/aromatic N) is 2. The Balaban J connectivity index is 1.32. The number of hydrogen-bond donors (Lipinski definition) is 1. The van der Waals surface area contributed by atoms with Gasteiger partial charge in [-0.1, -0.05) is 12.1 Å². The van der Waals surface area contributed by atoms with Gasteiger partial charge in [-0.15, -0.1) is 0 Å². The van der Waals surface area contributed by atoms with Crippen molar-refractivity contribution in [3.63, 3.8) is 0 Å². The highest BCUT2D eigenvalue weighted by atomic mass is 19.4. The predicted octanol–water partition coefficient (Wildman–Crippen LogP) is 7.10. The maximum Gasteiger partial charge on any atom is 0.416 e. The summed E-state index contributed by atoms with van der Waals surface area (Å²) in [4.78, 5) is 18.1. The second-order valence-corrected chi connectivity index (χ2v) is 10.3. The number of carboxylic acids is 1. The lowest BCUT2D eigenvalue weighted by atomic mass is 9.79. The lowest BCUT2D eigenvalue weighted by Gasteiger charge is -2.38. The number of pyridine rings is 1. The Morgan fingerprint density at radius 1 is 1.15 bits per heavy atom. The second-order valence-electron chi connectivity index (χ2n) is 10.3. The number of carbonyl (C=O) groups is 1. The molecule has 0 saturated carbocycles. The summed E-state index contributed by atoms with van der Waals surface area (Å²) in [5.41, 5.74) is 1.45. The first-order chi connectivity index (χ1) is 18.6. The zero-order valence-corrected chi connectivity index (χ0v) is 22.0. The number of likely N-dealkylation sites (tertiary alicyclic amines) is 1. The lowest BCUT2D eigenvalue weighted by molar-refractivity contribution is -0.139. The van der Waals surface area contributed by atoms with Crippen molar-refractivity contribution in [1.82, 2.24) is 9.88 Å². The molecule has 4 rings (SSSR count). The van der Waals surface area contributed by atoms with Crippen molar-refractivity contribution >= 4 is 16.9 Å². The van der Waals surface area contributed by atoms with Crippen LogP contribution in [-0.2, 0) is 17.4 Å². The maximum absolute atomic E-state index is 15.5. The Kier molecular flexibility index (Phi) is 9.43. The SMILES string of the molecule is COc1ccc2nccc([C@@H](F)CC[C@@H]3CCN(CCCc4ccc(C(F)(F)F)cc4)C[C@@H]3CC(=O)O)c2c1. The smallest absolute Gasteiger partial charge is 0.416 e. The van der Waals surface area contributed by atoms with Gasteiger partial charge in [-0.05, 0) is 105 Å². The molecule has 1 aliphatic rings. The van der Waals surface area contributed by atoms with Crippen LogP contribution in [0.15, 0.2) is 54.7 Å². The van der Waals surface area contributed by atoms with Crippen molar-refractivity contribution in [2.24, 2.45) is 11.8 Å². The molecular formula is C30H34F4N2O3. The quantitative estimate of drug-likeness (QED) is 0.260. The molecule has 0 spiro atoms. The largest absolute Gasteiger partial charge is 0.497 e. The molecule has 1 fully saturated rings. The number of carboxylic acid groups (broad SMARTS) is 1. The number of aliphatic carboxylic acids is 1. The van der Waals surface area contributed by atoms with Gasteiger partial charge in [-0.25, -0.2) is 4.39 Å². The number of fused-ring (bicyclic) bond motifs is 1. The first-order valence-electron chi connectivity index (χ1n) is 13.3. The molecule has 2 aromatic carbocycles. The first kappa shape index (κ1) is 28.8. The van der Waals surface area contributed by atoms with Crippen LogP contribution in [0.25, 0.3) is 10.9 Å². The van der Waals surface area contributed by atoms with E-state index in [-0.39, 0.29) is 18.3 Å². The van der Waals surface area contributed by atoms with Gasteiger partial charge in [-0.3, -0.25) is 9.78 Å². The van der Waals surface area contributed by atoms with Gasteiger partial charge in [0, 0.05) is 24.5 Å². The summed E-state index contributed by atoms with van der Waals surface area (Å²) in [7, 11) is 1.56. The van der Waals surface area contributed by atoms with Crippen LogP contribution >= 0.6 is 0 Å². The van der Waals surface area contributed by atoms with Crippen molar-refractivity contribution < 1.29 is 32.2 Å². The number of piperidine rings is 1. The zero-order valence-electron chi connectivity index (χ0n) is 22.0. The molecule has 1 aliphatic heterocycles. The molecule has 0 unspecified atom stereocenters. The number of aryl methyl sites for hydroxylation is 1. The van der Waals surface area contributed by atoms with Gasteiger partial charge in [0.1, 0.15) is 11.9 Å². The molecule has 9 heteroatoms. The molecule has 0 bridgehead atoms. The van der Waals surface area contributed by atoms with Crippen LogP contribution in [0.2, 0.25) is 0 Å². The van der Waals surface area contributed by atoms with Gasteiger partial charge in [0.25, 0.3) is 0 Å². The third kappa shape index (κ3) is 7.68. The topological polar surface area (TPSA) is 62.7 Å². The van der Waals surface area contributed by atoms with Crippen LogP contribution in [-0.4, -0.2) is 47.7 Å². The van der Waals surface area contributed by atoms with Gasteiger partial charge >= 0.3 is 12.1 Å². The fourth-order valence-corrected chi connectivity index (χ4v) is 5.62. The number of alkyl halides is 4. The highest BCUT2D eigenvalue weighted by molar-refractivity contribution is 5.83. The molecule has 1 N–H and O–H groups in total. The van der Waals surface area contributed by atoms with Gasteiger partial charge in [0.2, 0.25) is 0 Å². The Bertz CT molecular complexity index is 1250. The molecule has 0 aliphatic carbocycles. The molecule has 0 radical (unpaired) electrons. The van der Waals surface area contributed by atoms with Crippen molar-refractivity contribution in [2.75, 3.05) is 26.7 Å². The monoisotopic (exact) mass is 546 g/mol. The minimum Gasteiger partial charge on any atom is -0.497 e. The Hall–Kier alpha value is -3.20. The molecule has 0 amide bonds. The summed E-state index contributed by atoms with van der Waals surface area (Å²) < 4.78 is 59.1. The molecule has 2 heterocycles. The van der Waals surface area contributed by atoms with E-state index in [0.717, 1.165) is 43.6 Å². The van der Waals surface area contributed by atoms with E-state index in [0.29, 0.717) is 48.0 Å². The number of rotatable bonds is 11. The van der Waals surface area contributed by atoms with Crippen molar-refractivity contribution in [1.29, 1.82) is 0 Å². The van der Waals surface area contributed by atoms with E-state index >= 15 is 4.39 Å². The molecule has 39 heavy (non-hydrogen) atoms. The maximum atomic E-state index is 15.5. The molecular weight excluding hydrogens is 512 g/mol. The van der Waals surface area contributed by atoms with Crippen LogP contribution in [0, 0.1) is 11.8 Å². The second kappa shape index (κ2) is 12.8. The Morgan fingerprint density at radius 3 is 2.62 bits per heavy atom. The molecule has 3 atom stereocenters. The summed E-state index contributed by atoms with van der Waals surface area (Å²) in [6.07, 6.45) is -0.817. The highest BCUT2D eigenvalue weighted by Gasteiger charge is 2.32. The van der Waals surface area contributed by atoms with Crippen LogP contribution < -0.4 is 4.74 Å². The van der Waals surface area contributed by atoms with E-state index in [1.54, 1.807) is 37.6 Å². The van der Waals surface area contributed by atoms with E-state index in [1.807, 2.05) is 0 Å². The summed E-state index contributed by atoms with van der Waals surface area (Å²) >= 11 is 0. The average molecular weight is 547 g/mol.